The van der Waals surface area contributed by atoms with E-state index in [1.54, 1.807) is 0 Å². The first-order valence-electron chi connectivity index (χ1n) is 12.4. The van der Waals surface area contributed by atoms with Crippen molar-refractivity contribution in [3.05, 3.63) is 100 Å². The van der Waals surface area contributed by atoms with Gasteiger partial charge in [-0.3, -0.25) is 0 Å². The fourth-order valence-electron chi connectivity index (χ4n) is 5.07. The second-order valence-corrected chi connectivity index (χ2v) is 12.9. The summed E-state index contributed by atoms with van der Waals surface area (Å²) in [5, 5.41) is 7.05. The zero-order valence-electron chi connectivity index (χ0n) is 21.1. The van der Waals surface area contributed by atoms with Crippen molar-refractivity contribution in [3.63, 3.8) is 0 Å². The smallest absolute Gasteiger partial charge is 0.170 e. The van der Waals surface area contributed by atoms with Crippen LogP contribution in [0.1, 0.15) is 11.3 Å². The van der Waals surface area contributed by atoms with Gasteiger partial charge in [-0.15, -0.1) is 0 Å². The van der Waals surface area contributed by atoms with Gasteiger partial charge in [0.1, 0.15) is 11.5 Å². The highest BCUT2D eigenvalue weighted by Gasteiger charge is 2.45. The van der Waals surface area contributed by atoms with Crippen LogP contribution in [-0.2, 0) is 4.74 Å². The number of para-hydroxylation sites is 1. The number of aromatic nitrogens is 2. The van der Waals surface area contributed by atoms with Crippen molar-refractivity contribution in [2.45, 2.75) is 6.92 Å². The maximum Gasteiger partial charge on any atom is 0.170 e. The molecule has 0 amide bonds. The van der Waals surface area contributed by atoms with Gasteiger partial charge in [-0.2, -0.15) is 5.10 Å². The molecular weight excluding hydrogens is 538 g/mol. The summed E-state index contributed by atoms with van der Waals surface area (Å²) < 4.78 is 17.9. The molecule has 38 heavy (non-hydrogen) atoms. The number of ether oxygens (including phenoxy) is 1. The van der Waals surface area contributed by atoms with Crippen LogP contribution in [0, 0.1) is 6.92 Å². The Labute approximate surface area is 232 Å². The Morgan fingerprint density at radius 3 is 2.16 bits per heavy atom. The molecule has 2 aliphatic heterocycles. The number of nitrogens with zero attached hydrogens (tertiary/aromatic N) is 6. The van der Waals surface area contributed by atoms with Crippen LogP contribution in [-0.4, -0.2) is 58.3 Å². The lowest BCUT2D eigenvalue weighted by Gasteiger charge is -2.46. The first kappa shape index (κ1) is 25.4. The Morgan fingerprint density at radius 1 is 0.868 bits per heavy atom. The molecule has 2 aliphatic rings. The number of benzene rings is 3. The molecule has 0 bridgehead atoms. The molecule has 1 saturated heterocycles. The second-order valence-electron chi connectivity index (χ2n) is 9.13. The lowest BCUT2D eigenvalue weighted by molar-refractivity contribution is 0.0732. The molecule has 0 unspecified atom stereocenters. The number of morpholine rings is 1. The van der Waals surface area contributed by atoms with E-state index in [4.69, 9.17) is 42.8 Å². The van der Waals surface area contributed by atoms with E-state index in [1.165, 1.54) is 0 Å². The van der Waals surface area contributed by atoms with Gasteiger partial charge in [0.25, 0.3) is 0 Å². The number of hydrogen-bond acceptors (Lipinski definition) is 4. The third kappa shape index (κ3) is 4.19. The van der Waals surface area contributed by atoms with Crippen molar-refractivity contribution in [2.24, 2.45) is 9.74 Å². The van der Waals surface area contributed by atoms with Crippen LogP contribution in [0.3, 0.4) is 0 Å². The molecule has 0 radical (unpaired) electrons. The zero-order chi connectivity index (χ0) is 26.3. The van der Waals surface area contributed by atoms with Gasteiger partial charge in [0.2, 0.25) is 0 Å². The molecule has 4 aromatic rings. The largest absolute Gasteiger partial charge is 0.379 e. The molecule has 0 aliphatic carbocycles. The van der Waals surface area contributed by atoms with Crippen molar-refractivity contribution in [1.82, 2.24) is 19.1 Å². The van der Waals surface area contributed by atoms with Crippen molar-refractivity contribution in [1.29, 1.82) is 0 Å². The molecule has 0 N–H and O–H groups in total. The van der Waals surface area contributed by atoms with E-state index in [0.717, 1.165) is 33.9 Å². The molecule has 194 valence electrons. The third-order valence-electron chi connectivity index (χ3n) is 6.83. The van der Waals surface area contributed by atoms with Gasteiger partial charge < -0.3 is 9.41 Å². The topological polar surface area (TPSA) is 58.3 Å². The summed E-state index contributed by atoms with van der Waals surface area (Å²) in [5.41, 5.74) is 3.39. The van der Waals surface area contributed by atoms with E-state index in [2.05, 4.69) is 28.5 Å². The molecule has 10 heteroatoms. The van der Waals surface area contributed by atoms with Crippen molar-refractivity contribution in [3.8, 4) is 5.69 Å². The number of halogens is 2. The molecule has 1 aromatic heterocycles. The van der Waals surface area contributed by atoms with Crippen molar-refractivity contribution in [2.75, 3.05) is 33.4 Å². The van der Waals surface area contributed by atoms with Gasteiger partial charge in [-0.05, 0) is 31.2 Å². The summed E-state index contributed by atoms with van der Waals surface area (Å²) in [4.78, 5) is 5.26. The van der Waals surface area contributed by atoms with Crippen LogP contribution < -0.4 is 5.30 Å². The Balaban J connectivity index is 1.74. The predicted octanol–water partition coefficient (Wildman–Crippen LogP) is 6.83. The van der Waals surface area contributed by atoms with Crippen LogP contribution in [0.2, 0.25) is 10.0 Å². The number of aliphatic imine (C=N–C) groups is 1. The summed E-state index contributed by atoms with van der Waals surface area (Å²) in [6.07, 6.45) is 0. The summed E-state index contributed by atoms with van der Waals surface area (Å²) >= 11 is 13.5. The van der Waals surface area contributed by atoms with E-state index in [0.29, 0.717) is 42.0 Å². The van der Waals surface area contributed by atoms with Gasteiger partial charge in [0, 0.05) is 25.7 Å². The van der Waals surface area contributed by atoms with Crippen LogP contribution in [0.15, 0.2) is 88.6 Å². The summed E-state index contributed by atoms with van der Waals surface area (Å²) in [5.74, 6) is 1.60. The van der Waals surface area contributed by atoms with E-state index in [1.807, 2.05) is 78.3 Å². The lowest BCUT2D eigenvalue weighted by atomic mass is 10.2. The minimum Gasteiger partial charge on any atom is -0.379 e. The maximum atomic E-state index is 6.75. The number of hydrogen-bond donors (Lipinski definition) is 0. The number of fused-ring (bicyclic) bond motifs is 1. The first-order chi connectivity index (χ1) is 18.5. The van der Waals surface area contributed by atoms with Gasteiger partial charge in [-0.1, -0.05) is 77.8 Å². The average molecular weight is 565 g/mol. The Bertz CT molecular complexity index is 1540. The molecule has 1 fully saturated rings. The van der Waals surface area contributed by atoms with Crippen molar-refractivity contribution >= 4 is 53.2 Å². The Kier molecular flexibility index (Phi) is 6.89. The van der Waals surface area contributed by atoms with Gasteiger partial charge in [0.05, 0.1) is 39.9 Å². The number of aryl methyl sites for hydroxylation is 1. The Morgan fingerprint density at radius 2 is 1.50 bits per heavy atom. The van der Waals surface area contributed by atoms with E-state index < -0.39 is 7.36 Å². The highest BCUT2D eigenvalue weighted by Crippen LogP contribution is 2.62. The Hall–Kier alpha value is -2.93. The average Bonchev–Trinajstić information content (AvgIpc) is 3.29. The molecule has 3 heterocycles. The van der Waals surface area contributed by atoms with Crippen LogP contribution in [0.5, 0.6) is 0 Å². The van der Waals surface area contributed by atoms with Crippen LogP contribution in [0.4, 0.5) is 11.5 Å². The fourth-order valence-corrected chi connectivity index (χ4v) is 9.52. The highest BCUT2D eigenvalue weighted by atomic mass is 35.5. The molecule has 0 spiro atoms. The second kappa shape index (κ2) is 10.3. The van der Waals surface area contributed by atoms with E-state index >= 15 is 0 Å². The molecule has 0 saturated carbocycles. The SMILES string of the molecule is Cc1nn(-c2ccccc2)c2c1[P@@](=Nc1c(Cl)cccc1Cl)(N1CCOCC1)N(C)C(c1ccccc1)=N2. The minimum absolute atomic E-state index is 0.511. The zero-order valence-corrected chi connectivity index (χ0v) is 23.5. The molecule has 6 rings (SSSR count). The molecule has 3 aromatic carbocycles. The van der Waals surface area contributed by atoms with E-state index in [-0.39, 0.29) is 0 Å². The summed E-state index contributed by atoms with van der Waals surface area (Å²) in [6.45, 7) is 4.68. The fraction of sp³-hybridized carbons (Fsp3) is 0.214. The van der Waals surface area contributed by atoms with Crippen LogP contribution >= 0.6 is 30.6 Å². The van der Waals surface area contributed by atoms with Gasteiger partial charge in [0.15, 0.2) is 13.2 Å². The monoisotopic (exact) mass is 564 g/mol. The molecule has 7 nitrogen and oxygen atoms in total. The quantitative estimate of drug-likeness (QED) is 0.255. The molecular formula is C28H27Cl2N6OP. The maximum absolute atomic E-state index is 6.75. The standard InChI is InChI=1S/C28H27Cl2N6OP/c1-20-26-28(36(32-20)22-12-7-4-8-13-22)31-27(21-10-5-3-6-11-21)34(2)38(26,35-16-18-37-19-17-35)33-25-23(29)14-9-15-24(25)30/h3-15H,16-19H2,1-2H3/t38-/m0/s1. The lowest BCUT2D eigenvalue weighted by Crippen LogP contribution is -2.45. The molecule has 1 atom stereocenters. The number of rotatable bonds is 4. The van der Waals surface area contributed by atoms with Crippen LogP contribution in [0.25, 0.3) is 5.69 Å². The van der Waals surface area contributed by atoms with Crippen molar-refractivity contribution < 1.29 is 4.74 Å². The summed E-state index contributed by atoms with van der Waals surface area (Å²) in [6, 6.07) is 25.8. The van der Waals surface area contributed by atoms with Gasteiger partial charge in [-0.25, -0.2) is 19.1 Å². The first-order valence-corrected chi connectivity index (χ1v) is 14.8. The minimum atomic E-state index is -2.75. The van der Waals surface area contributed by atoms with E-state index in [9.17, 15) is 0 Å². The summed E-state index contributed by atoms with van der Waals surface area (Å²) in [7, 11) is -0.678. The van der Waals surface area contributed by atoms with Gasteiger partial charge >= 0.3 is 0 Å². The predicted molar refractivity (Wildman–Crippen MR) is 156 cm³/mol. The number of amidine groups is 1. The highest BCUT2D eigenvalue weighted by molar-refractivity contribution is 7.70. The third-order valence-corrected chi connectivity index (χ3v) is 11.3. The normalized spacial score (nSPS) is 19.7.